The molecule has 0 bridgehead atoms. The minimum atomic E-state index is -0.494. The van der Waals surface area contributed by atoms with Crippen LogP contribution in [0.3, 0.4) is 0 Å². The number of hydrogen-bond donors (Lipinski definition) is 2. The highest BCUT2D eigenvalue weighted by molar-refractivity contribution is 9.10. The Hall–Kier alpha value is -0.260. The number of anilines is 1. The first-order valence-electron chi connectivity index (χ1n) is 4.16. The number of halogens is 3. The fourth-order valence-electron chi connectivity index (χ4n) is 0.859. The van der Waals surface area contributed by atoms with Crippen molar-refractivity contribution in [2.75, 3.05) is 17.1 Å². The number of aromatic nitrogens is 2. The van der Waals surface area contributed by atoms with Crippen LogP contribution in [0.15, 0.2) is 15.6 Å². The van der Waals surface area contributed by atoms with E-state index in [-0.39, 0.29) is 5.56 Å². The summed E-state index contributed by atoms with van der Waals surface area (Å²) in [7, 11) is 0. The molecule has 84 valence electrons. The van der Waals surface area contributed by atoms with E-state index in [1.807, 2.05) is 6.92 Å². The van der Waals surface area contributed by atoms with Crippen LogP contribution in [0, 0.1) is 0 Å². The number of nitrogens with one attached hydrogen (secondary N) is 2. The molecule has 2 N–H and O–H groups in total. The maximum atomic E-state index is 11.3. The van der Waals surface area contributed by atoms with Crippen LogP contribution in [0.5, 0.6) is 0 Å². The molecule has 0 atom stereocenters. The van der Waals surface area contributed by atoms with Gasteiger partial charge in [-0.2, -0.15) is 0 Å². The summed E-state index contributed by atoms with van der Waals surface area (Å²) in [4.78, 5) is 17.7. The molecule has 0 saturated carbocycles. The van der Waals surface area contributed by atoms with E-state index in [1.165, 1.54) is 6.33 Å². The van der Waals surface area contributed by atoms with Crippen molar-refractivity contribution in [3.63, 3.8) is 0 Å². The summed E-state index contributed by atoms with van der Waals surface area (Å²) >= 11 is 14.7. The molecule has 1 heterocycles. The van der Waals surface area contributed by atoms with E-state index in [1.54, 1.807) is 0 Å². The van der Waals surface area contributed by atoms with Gasteiger partial charge in [0.2, 0.25) is 0 Å². The van der Waals surface area contributed by atoms with Gasteiger partial charge in [0, 0.05) is 11.8 Å². The van der Waals surface area contributed by atoms with E-state index in [0.29, 0.717) is 22.1 Å². The molecule has 0 radical (unpaired) electrons. The first kappa shape index (κ1) is 12.8. The first-order valence-corrected chi connectivity index (χ1v) is 6.02. The van der Waals surface area contributed by atoms with Crippen molar-refractivity contribution in [3.8, 4) is 0 Å². The average molecular weight is 315 g/mol. The second-order valence-electron chi connectivity index (χ2n) is 3.35. The number of aromatic amines is 1. The van der Waals surface area contributed by atoms with Gasteiger partial charge in [-0.1, -0.05) is 0 Å². The van der Waals surface area contributed by atoms with E-state index >= 15 is 0 Å². The summed E-state index contributed by atoms with van der Waals surface area (Å²) in [5.41, 5.74) is -0.745. The van der Waals surface area contributed by atoms with Crippen LogP contribution in [0.25, 0.3) is 0 Å². The third kappa shape index (κ3) is 3.09. The lowest BCUT2D eigenvalue weighted by Gasteiger charge is -2.26. The summed E-state index contributed by atoms with van der Waals surface area (Å²) in [6.07, 6.45) is 1.32. The molecule has 15 heavy (non-hydrogen) atoms. The SMILES string of the molecule is CC(CCl)(CCl)Nc1nc[nH]c(=O)c1Br. The Labute approximate surface area is 106 Å². The second kappa shape index (κ2) is 5.18. The normalized spacial score (nSPS) is 11.5. The van der Waals surface area contributed by atoms with Crippen molar-refractivity contribution < 1.29 is 0 Å². The van der Waals surface area contributed by atoms with E-state index in [2.05, 4.69) is 31.2 Å². The van der Waals surface area contributed by atoms with Crippen LogP contribution in [-0.2, 0) is 0 Å². The van der Waals surface area contributed by atoms with Gasteiger partial charge in [0.15, 0.2) is 0 Å². The van der Waals surface area contributed by atoms with Crippen molar-refractivity contribution in [2.24, 2.45) is 0 Å². The van der Waals surface area contributed by atoms with E-state index < -0.39 is 5.54 Å². The van der Waals surface area contributed by atoms with E-state index in [9.17, 15) is 4.79 Å². The molecule has 0 unspecified atom stereocenters. The van der Waals surface area contributed by atoms with E-state index in [4.69, 9.17) is 23.2 Å². The zero-order valence-corrected chi connectivity index (χ0v) is 11.1. The van der Waals surface area contributed by atoms with Crippen molar-refractivity contribution in [1.82, 2.24) is 9.97 Å². The molecule has 0 spiro atoms. The quantitative estimate of drug-likeness (QED) is 0.838. The van der Waals surface area contributed by atoms with Crippen LogP contribution in [0.2, 0.25) is 0 Å². The van der Waals surface area contributed by atoms with Gasteiger partial charge in [-0.25, -0.2) is 4.98 Å². The number of rotatable bonds is 4. The highest BCUT2D eigenvalue weighted by Crippen LogP contribution is 2.20. The van der Waals surface area contributed by atoms with Gasteiger partial charge >= 0.3 is 0 Å². The molecule has 0 aliphatic carbocycles. The van der Waals surface area contributed by atoms with Gasteiger partial charge in [0.1, 0.15) is 10.3 Å². The molecule has 0 aliphatic heterocycles. The third-order valence-corrected chi connectivity index (χ3v) is 3.72. The van der Waals surface area contributed by atoms with Crippen LogP contribution in [-0.4, -0.2) is 27.3 Å². The maximum Gasteiger partial charge on any atom is 0.267 e. The van der Waals surface area contributed by atoms with Crippen molar-refractivity contribution >= 4 is 44.9 Å². The molecular weight excluding hydrogens is 305 g/mol. The molecule has 1 aromatic heterocycles. The van der Waals surface area contributed by atoms with E-state index in [0.717, 1.165) is 0 Å². The monoisotopic (exact) mass is 313 g/mol. The number of nitrogens with zero attached hydrogens (tertiary/aromatic N) is 1. The minimum absolute atomic E-state index is 0.251. The smallest absolute Gasteiger partial charge is 0.267 e. The van der Waals surface area contributed by atoms with Crippen LogP contribution >= 0.6 is 39.1 Å². The predicted octanol–water partition coefficient (Wildman–Crippen LogP) is 2.18. The topological polar surface area (TPSA) is 57.8 Å². The lowest BCUT2D eigenvalue weighted by molar-refractivity contribution is 0.643. The number of alkyl halides is 2. The van der Waals surface area contributed by atoms with Crippen LogP contribution in [0.1, 0.15) is 6.92 Å². The summed E-state index contributed by atoms with van der Waals surface area (Å²) in [6, 6.07) is 0. The van der Waals surface area contributed by atoms with Gasteiger partial charge in [-0.15, -0.1) is 23.2 Å². The largest absolute Gasteiger partial charge is 0.361 e. The molecule has 0 fully saturated rings. The Kier molecular flexibility index (Phi) is 4.43. The number of hydrogen-bond acceptors (Lipinski definition) is 3. The highest BCUT2D eigenvalue weighted by Gasteiger charge is 2.23. The highest BCUT2D eigenvalue weighted by atomic mass is 79.9. The Morgan fingerprint density at radius 1 is 1.60 bits per heavy atom. The Balaban J connectivity index is 2.99. The summed E-state index contributed by atoms with van der Waals surface area (Å²) in [6.45, 7) is 1.85. The molecule has 7 heteroatoms. The molecule has 0 aromatic carbocycles. The van der Waals surface area contributed by atoms with Gasteiger partial charge < -0.3 is 10.3 Å². The first-order chi connectivity index (χ1) is 7.02. The standard InChI is InChI=1S/C8H10BrCl2N3O/c1-8(2-10,3-11)14-6-5(9)7(15)13-4-12-6/h4H,2-3H2,1H3,(H2,12,13,14,15). The van der Waals surface area contributed by atoms with Crippen molar-refractivity contribution in [1.29, 1.82) is 0 Å². The maximum absolute atomic E-state index is 11.3. The zero-order valence-electron chi connectivity index (χ0n) is 7.98. The fourth-order valence-corrected chi connectivity index (χ4v) is 1.59. The van der Waals surface area contributed by atoms with Gasteiger partial charge in [-0.3, -0.25) is 4.79 Å². The predicted molar refractivity (Wildman–Crippen MR) is 66.0 cm³/mol. The van der Waals surface area contributed by atoms with Crippen LogP contribution in [0.4, 0.5) is 5.82 Å². The van der Waals surface area contributed by atoms with Crippen molar-refractivity contribution in [3.05, 3.63) is 21.2 Å². The third-order valence-electron chi connectivity index (χ3n) is 1.81. The summed E-state index contributed by atoms with van der Waals surface area (Å²) in [5, 5.41) is 3.02. The summed E-state index contributed by atoms with van der Waals surface area (Å²) < 4.78 is 0.339. The average Bonchev–Trinajstić information content (AvgIpc) is 2.25. The van der Waals surface area contributed by atoms with Crippen molar-refractivity contribution in [2.45, 2.75) is 12.5 Å². The van der Waals surface area contributed by atoms with Gasteiger partial charge in [0.05, 0.1) is 11.9 Å². The number of H-pyrrole nitrogens is 1. The molecule has 0 saturated heterocycles. The van der Waals surface area contributed by atoms with Crippen LogP contribution < -0.4 is 10.9 Å². The molecule has 0 amide bonds. The summed E-state index contributed by atoms with van der Waals surface area (Å²) in [5.74, 6) is 1.07. The van der Waals surface area contributed by atoms with Gasteiger partial charge in [0.25, 0.3) is 5.56 Å². The molecule has 0 aliphatic rings. The second-order valence-corrected chi connectivity index (χ2v) is 4.67. The molecule has 1 aromatic rings. The Morgan fingerprint density at radius 2 is 2.20 bits per heavy atom. The molecule has 1 rings (SSSR count). The molecular formula is C8H10BrCl2N3O. The Bertz CT molecular complexity index is 392. The van der Waals surface area contributed by atoms with Gasteiger partial charge in [-0.05, 0) is 22.9 Å². The fraction of sp³-hybridized carbons (Fsp3) is 0.500. The lowest BCUT2D eigenvalue weighted by Crippen LogP contribution is -2.39. The Morgan fingerprint density at radius 3 is 2.73 bits per heavy atom. The zero-order chi connectivity index (χ0) is 11.5. The minimum Gasteiger partial charge on any atom is -0.361 e. The molecule has 4 nitrogen and oxygen atoms in total. The lowest BCUT2D eigenvalue weighted by atomic mass is 10.1.